The van der Waals surface area contributed by atoms with Gasteiger partial charge in [0.2, 0.25) is 5.91 Å². The summed E-state index contributed by atoms with van der Waals surface area (Å²) in [5.74, 6) is -5.08. The van der Waals surface area contributed by atoms with Gasteiger partial charge in [-0.3, -0.25) is 9.78 Å². The second-order valence-corrected chi connectivity index (χ2v) is 7.37. The lowest BCUT2D eigenvalue weighted by Gasteiger charge is -2.20. The van der Waals surface area contributed by atoms with Crippen molar-refractivity contribution in [1.29, 1.82) is 0 Å². The average molecular weight is 389 g/mol. The van der Waals surface area contributed by atoms with Crippen LogP contribution in [0.3, 0.4) is 0 Å². The summed E-state index contributed by atoms with van der Waals surface area (Å²) in [6.07, 6.45) is 5.09. The number of halogens is 3. The summed E-state index contributed by atoms with van der Waals surface area (Å²) >= 11 is 1.51. The Morgan fingerprint density at radius 2 is 2.04 bits per heavy atom. The van der Waals surface area contributed by atoms with Gasteiger partial charge in [-0.05, 0) is 43.5 Å². The first-order valence-corrected chi connectivity index (χ1v) is 9.18. The monoisotopic (exact) mass is 389 g/mol. The average Bonchev–Trinajstić information content (AvgIpc) is 3.12. The summed E-state index contributed by atoms with van der Waals surface area (Å²) in [5.41, 5.74) is 1.52. The van der Waals surface area contributed by atoms with E-state index in [1.165, 1.54) is 11.3 Å². The molecule has 8 heteroatoms. The molecular weight excluding hydrogens is 375 g/mol. The Morgan fingerprint density at radius 3 is 2.81 bits per heavy atom. The fourth-order valence-electron chi connectivity index (χ4n) is 3.07. The molecular formula is C19H14F3N3OS. The van der Waals surface area contributed by atoms with E-state index in [9.17, 15) is 18.0 Å². The molecule has 0 spiro atoms. The Morgan fingerprint density at radius 1 is 1.19 bits per heavy atom. The van der Waals surface area contributed by atoms with Gasteiger partial charge in [-0.1, -0.05) is 0 Å². The van der Waals surface area contributed by atoms with Gasteiger partial charge in [0.15, 0.2) is 17.5 Å². The first-order valence-electron chi connectivity index (χ1n) is 8.36. The van der Waals surface area contributed by atoms with Crippen LogP contribution in [0.2, 0.25) is 0 Å². The van der Waals surface area contributed by atoms with E-state index >= 15 is 0 Å². The molecule has 0 fully saturated rings. The van der Waals surface area contributed by atoms with Crippen molar-refractivity contribution in [3.8, 4) is 10.6 Å². The third kappa shape index (κ3) is 3.44. The fourth-order valence-corrected chi connectivity index (χ4v) is 4.25. The van der Waals surface area contributed by atoms with E-state index in [0.717, 1.165) is 33.3 Å². The van der Waals surface area contributed by atoms with Crippen LogP contribution in [0.4, 0.5) is 18.9 Å². The number of anilines is 1. The minimum atomic E-state index is -1.60. The van der Waals surface area contributed by atoms with Crippen LogP contribution in [0.15, 0.2) is 36.7 Å². The van der Waals surface area contributed by atoms with Gasteiger partial charge in [0.25, 0.3) is 0 Å². The number of aryl methyl sites for hydroxylation is 1. The molecule has 0 saturated carbocycles. The highest BCUT2D eigenvalue weighted by molar-refractivity contribution is 7.15. The molecule has 1 amide bonds. The summed E-state index contributed by atoms with van der Waals surface area (Å²) in [5, 5.41) is 3.22. The Kier molecular flexibility index (Phi) is 4.65. The second-order valence-electron chi connectivity index (χ2n) is 6.28. The maximum Gasteiger partial charge on any atom is 0.227 e. The molecule has 1 unspecified atom stereocenters. The number of pyridine rings is 1. The van der Waals surface area contributed by atoms with E-state index in [1.807, 2.05) is 12.1 Å². The Labute approximate surface area is 157 Å². The second kappa shape index (κ2) is 7.11. The Bertz CT molecular complexity index is 1010. The topological polar surface area (TPSA) is 54.9 Å². The zero-order valence-electron chi connectivity index (χ0n) is 14.0. The van der Waals surface area contributed by atoms with Crippen LogP contribution >= 0.6 is 11.3 Å². The molecule has 27 heavy (non-hydrogen) atoms. The molecule has 1 aliphatic rings. The van der Waals surface area contributed by atoms with E-state index in [1.54, 1.807) is 12.4 Å². The summed E-state index contributed by atoms with van der Waals surface area (Å²) in [6.45, 7) is 0. The van der Waals surface area contributed by atoms with E-state index in [2.05, 4.69) is 15.3 Å². The third-order valence-electron chi connectivity index (χ3n) is 4.51. The lowest BCUT2D eigenvalue weighted by atomic mass is 9.90. The zero-order valence-corrected chi connectivity index (χ0v) is 14.8. The largest absolute Gasteiger partial charge is 0.323 e. The van der Waals surface area contributed by atoms with Gasteiger partial charge in [-0.2, -0.15) is 0 Å². The molecule has 0 bridgehead atoms. The summed E-state index contributed by atoms with van der Waals surface area (Å²) in [7, 11) is 0. The zero-order chi connectivity index (χ0) is 19.0. The number of fused-ring (bicyclic) bond motifs is 1. The van der Waals surface area contributed by atoms with Gasteiger partial charge in [-0.15, -0.1) is 11.3 Å². The highest BCUT2D eigenvalue weighted by Gasteiger charge is 2.28. The summed E-state index contributed by atoms with van der Waals surface area (Å²) < 4.78 is 40.1. The lowest BCUT2D eigenvalue weighted by Crippen LogP contribution is -2.28. The highest BCUT2D eigenvalue weighted by atomic mass is 32.1. The lowest BCUT2D eigenvalue weighted by molar-refractivity contribution is -0.120. The predicted molar refractivity (Wildman–Crippen MR) is 95.8 cm³/mol. The van der Waals surface area contributed by atoms with Crippen molar-refractivity contribution in [3.05, 3.63) is 64.7 Å². The number of aromatic nitrogens is 2. The molecule has 0 aliphatic heterocycles. The molecule has 1 aliphatic carbocycles. The Hall–Kier alpha value is -2.74. The number of carbonyl (C=O) groups is 1. The van der Waals surface area contributed by atoms with Crippen molar-refractivity contribution in [2.75, 3.05) is 5.32 Å². The van der Waals surface area contributed by atoms with Crippen LogP contribution in [-0.2, 0) is 17.6 Å². The van der Waals surface area contributed by atoms with Crippen molar-refractivity contribution >= 4 is 22.9 Å². The fraction of sp³-hybridized carbons (Fsp3) is 0.211. The quantitative estimate of drug-likeness (QED) is 0.677. The van der Waals surface area contributed by atoms with Crippen LogP contribution in [0.25, 0.3) is 10.6 Å². The van der Waals surface area contributed by atoms with Crippen molar-refractivity contribution in [1.82, 2.24) is 9.97 Å². The smallest absolute Gasteiger partial charge is 0.227 e. The minimum Gasteiger partial charge on any atom is -0.323 e. The van der Waals surface area contributed by atoms with Gasteiger partial charge in [-0.25, -0.2) is 18.2 Å². The number of carbonyl (C=O) groups excluding carboxylic acids is 1. The highest BCUT2D eigenvalue weighted by Crippen LogP contribution is 2.35. The first kappa shape index (κ1) is 17.7. The number of nitrogens with zero attached hydrogens (tertiary/aromatic N) is 2. The standard InChI is InChI=1S/C19H14F3N3OS/c20-12-4-6-14(17(22)16(12)21)24-18(26)10-3-5-13-15(8-10)27-19(25-13)11-2-1-7-23-9-11/h1-2,4,6-7,9-10H,3,5,8H2,(H,24,26). The normalized spacial score (nSPS) is 16.0. The summed E-state index contributed by atoms with van der Waals surface area (Å²) in [4.78, 5) is 22.2. The molecule has 3 aromatic rings. The molecule has 1 atom stereocenters. The van der Waals surface area contributed by atoms with Crippen LogP contribution in [-0.4, -0.2) is 15.9 Å². The van der Waals surface area contributed by atoms with Gasteiger partial charge in [0.1, 0.15) is 5.01 Å². The SMILES string of the molecule is O=C(Nc1ccc(F)c(F)c1F)C1CCc2nc(-c3cccnc3)sc2C1. The maximum absolute atomic E-state index is 13.8. The number of rotatable bonds is 3. The first-order chi connectivity index (χ1) is 13.0. The van der Waals surface area contributed by atoms with E-state index in [0.29, 0.717) is 19.3 Å². The number of nitrogens with one attached hydrogen (secondary N) is 1. The molecule has 4 nitrogen and oxygen atoms in total. The molecule has 2 aromatic heterocycles. The van der Waals surface area contributed by atoms with E-state index in [4.69, 9.17) is 0 Å². The van der Waals surface area contributed by atoms with Crippen molar-refractivity contribution in [3.63, 3.8) is 0 Å². The minimum absolute atomic E-state index is 0.356. The van der Waals surface area contributed by atoms with Crippen LogP contribution < -0.4 is 5.32 Å². The number of hydrogen-bond acceptors (Lipinski definition) is 4. The number of thiazole rings is 1. The van der Waals surface area contributed by atoms with Crippen LogP contribution in [0.1, 0.15) is 17.0 Å². The molecule has 1 aromatic carbocycles. The molecule has 0 radical (unpaired) electrons. The molecule has 0 saturated heterocycles. The van der Waals surface area contributed by atoms with Gasteiger partial charge < -0.3 is 5.32 Å². The van der Waals surface area contributed by atoms with Crippen molar-refractivity contribution in [2.45, 2.75) is 19.3 Å². The van der Waals surface area contributed by atoms with Crippen molar-refractivity contribution < 1.29 is 18.0 Å². The van der Waals surface area contributed by atoms with Gasteiger partial charge in [0, 0.05) is 28.8 Å². The van der Waals surface area contributed by atoms with E-state index < -0.39 is 23.4 Å². The van der Waals surface area contributed by atoms with Crippen LogP contribution in [0, 0.1) is 23.4 Å². The van der Waals surface area contributed by atoms with Crippen molar-refractivity contribution in [2.24, 2.45) is 5.92 Å². The van der Waals surface area contributed by atoms with Gasteiger partial charge >= 0.3 is 0 Å². The Balaban J connectivity index is 1.50. The van der Waals surface area contributed by atoms with E-state index in [-0.39, 0.29) is 11.6 Å². The maximum atomic E-state index is 13.8. The predicted octanol–water partition coefficient (Wildman–Crippen LogP) is 4.37. The van der Waals surface area contributed by atoms with Gasteiger partial charge in [0.05, 0.1) is 11.4 Å². The number of amides is 1. The third-order valence-corrected chi connectivity index (χ3v) is 5.68. The molecule has 1 N–H and O–H groups in total. The molecule has 2 heterocycles. The molecule has 138 valence electrons. The van der Waals surface area contributed by atoms with Crippen LogP contribution in [0.5, 0.6) is 0 Å². The molecule has 4 rings (SSSR count). The number of hydrogen-bond donors (Lipinski definition) is 1. The number of benzene rings is 1. The summed E-state index contributed by atoms with van der Waals surface area (Å²) in [6, 6.07) is 5.57.